The van der Waals surface area contributed by atoms with Crippen LogP contribution in [0.2, 0.25) is 0 Å². The third kappa shape index (κ3) is 1.64. The molecule has 1 heterocycles. The third-order valence-electron chi connectivity index (χ3n) is 2.72. The van der Waals surface area contributed by atoms with Crippen molar-refractivity contribution in [3.8, 4) is 0 Å². The van der Waals surface area contributed by atoms with Crippen molar-refractivity contribution in [2.45, 2.75) is 32.1 Å². The normalized spacial score (nSPS) is 23.7. The first kappa shape index (κ1) is 8.48. The lowest BCUT2D eigenvalue weighted by Gasteiger charge is -2.15. The summed E-state index contributed by atoms with van der Waals surface area (Å²) < 4.78 is 0. The maximum atomic E-state index is 11.5. The quantitative estimate of drug-likeness (QED) is 0.601. The maximum Gasteiger partial charge on any atom is 0.224 e. The van der Waals surface area contributed by atoms with E-state index in [1.165, 1.54) is 0 Å². The number of nitrogens with one attached hydrogen (secondary N) is 1. The second-order valence-electron chi connectivity index (χ2n) is 3.64. The Balaban J connectivity index is 2.28. The van der Waals surface area contributed by atoms with Gasteiger partial charge in [-0.2, -0.15) is 0 Å². The van der Waals surface area contributed by atoms with E-state index in [2.05, 4.69) is 5.32 Å². The zero-order valence-corrected chi connectivity index (χ0v) is 7.56. The summed E-state index contributed by atoms with van der Waals surface area (Å²) in [5.74, 6) is 0.331. The van der Waals surface area contributed by atoms with Crippen LogP contribution in [0.25, 0.3) is 0 Å². The molecule has 0 radical (unpaired) electrons. The van der Waals surface area contributed by atoms with Gasteiger partial charge in [0.25, 0.3) is 0 Å². The van der Waals surface area contributed by atoms with Crippen LogP contribution < -0.4 is 5.32 Å². The van der Waals surface area contributed by atoms with Crippen molar-refractivity contribution in [2.24, 2.45) is 0 Å². The molecule has 1 aliphatic heterocycles. The van der Waals surface area contributed by atoms with Crippen LogP contribution in [-0.4, -0.2) is 18.2 Å². The summed E-state index contributed by atoms with van der Waals surface area (Å²) in [6, 6.07) is 0. The molecule has 1 amide bonds. The molecule has 0 aromatic heterocycles. The summed E-state index contributed by atoms with van der Waals surface area (Å²) in [6.07, 6.45) is 3.72. The number of carbonyl (C=O) groups excluding carboxylic acids is 2. The molecule has 1 aliphatic carbocycles. The van der Waals surface area contributed by atoms with E-state index >= 15 is 0 Å². The zero-order valence-electron chi connectivity index (χ0n) is 7.56. The number of rotatable bonds is 0. The Labute approximate surface area is 77.2 Å². The molecule has 0 fully saturated rings. The van der Waals surface area contributed by atoms with Gasteiger partial charge in [-0.1, -0.05) is 5.57 Å². The van der Waals surface area contributed by atoms with Crippen LogP contribution in [-0.2, 0) is 9.59 Å². The fourth-order valence-electron chi connectivity index (χ4n) is 2.06. The summed E-state index contributed by atoms with van der Waals surface area (Å²) in [5, 5.41) is 2.79. The maximum absolute atomic E-state index is 11.5. The lowest BCUT2D eigenvalue weighted by atomic mass is 9.88. The number of carbonyl (C=O) groups is 2. The van der Waals surface area contributed by atoms with Gasteiger partial charge in [-0.25, -0.2) is 0 Å². The average molecular weight is 179 g/mol. The van der Waals surface area contributed by atoms with Crippen LogP contribution in [0.15, 0.2) is 11.1 Å². The lowest BCUT2D eigenvalue weighted by Crippen LogP contribution is -2.22. The Morgan fingerprint density at radius 3 is 2.77 bits per heavy atom. The van der Waals surface area contributed by atoms with E-state index in [0.29, 0.717) is 19.4 Å². The lowest BCUT2D eigenvalue weighted by molar-refractivity contribution is -0.120. The first-order chi connectivity index (χ1) is 6.27. The van der Waals surface area contributed by atoms with E-state index < -0.39 is 0 Å². The molecule has 0 aromatic carbocycles. The topological polar surface area (TPSA) is 46.2 Å². The highest BCUT2D eigenvalue weighted by atomic mass is 16.1. The predicted molar refractivity (Wildman–Crippen MR) is 48.1 cm³/mol. The monoisotopic (exact) mass is 179 g/mol. The van der Waals surface area contributed by atoms with Crippen LogP contribution in [0.5, 0.6) is 0 Å². The molecule has 2 aliphatic rings. The molecule has 0 aromatic rings. The van der Waals surface area contributed by atoms with E-state index in [4.69, 9.17) is 0 Å². The van der Waals surface area contributed by atoms with Crippen LogP contribution >= 0.6 is 0 Å². The summed E-state index contributed by atoms with van der Waals surface area (Å²) >= 11 is 0. The molecule has 1 N–H and O–H groups in total. The van der Waals surface area contributed by atoms with Gasteiger partial charge in [-0.3, -0.25) is 9.59 Å². The van der Waals surface area contributed by atoms with E-state index in [0.717, 1.165) is 30.4 Å². The summed E-state index contributed by atoms with van der Waals surface area (Å²) in [7, 11) is 0. The molecule has 0 saturated carbocycles. The van der Waals surface area contributed by atoms with E-state index in [1.807, 2.05) is 0 Å². The number of hydrogen-bond donors (Lipinski definition) is 1. The van der Waals surface area contributed by atoms with Gasteiger partial charge >= 0.3 is 0 Å². The molecule has 70 valence electrons. The standard InChI is InChI=1S/C10H13NO2/c12-9-3-1-2-7-6-10(13)11-5-4-8(7)9/h1-6H2,(H,11,13). The molecule has 0 atom stereocenters. The molecule has 0 unspecified atom stereocenters. The van der Waals surface area contributed by atoms with Crippen molar-refractivity contribution in [3.63, 3.8) is 0 Å². The van der Waals surface area contributed by atoms with Gasteiger partial charge in [-0.05, 0) is 24.8 Å². The minimum Gasteiger partial charge on any atom is -0.355 e. The van der Waals surface area contributed by atoms with Crippen molar-refractivity contribution in [1.82, 2.24) is 5.32 Å². The second kappa shape index (κ2) is 3.32. The summed E-state index contributed by atoms with van der Waals surface area (Å²) in [6.45, 7) is 0.628. The predicted octanol–water partition coefficient (Wildman–Crippen LogP) is 0.946. The summed E-state index contributed by atoms with van der Waals surface area (Å²) in [5.41, 5.74) is 2.02. The molecule has 3 nitrogen and oxygen atoms in total. The SMILES string of the molecule is O=C1CC2=C(CCN1)C(=O)CCC2. The van der Waals surface area contributed by atoms with Gasteiger partial charge in [0.15, 0.2) is 5.78 Å². The van der Waals surface area contributed by atoms with Crippen LogP contribution in [0, 0.1) is 0 Å². The number of Topliss-reactive ketones (excluding diaryl/α,β-unsaturated/α-hetero) is 1. The zero-order chi connectivity index (χ0) is 9.26. The molecule has 0 saturated heterocycles. The van der Waals surface area contributed by atoms with Crippen LogP contribution in [0.3, 0.4) is 0 Å². The number of hydrogen-bond acceptors (Lipinski definition) is 2. The highest BCUT2D eigenvalue weighted by Crippen LogP contribution is 2.27. The minimum atomic E-state index is 0.0692. The molecular weight excluding hydrogens is 166 g/mol. The first-order valence-corrected chi connectivity index (χ1v) is 4.78. The van der Waals surface area contributed by atoms with E-state index in [-0.39, 0.29) is 11.7 Å². The highest BCUT2D eigenvalue weighted by molar-refractivity contribution is 5.98. The van der Waals surface area contributed by atoms with Gasteiger partial charge < -0.3 is 5.32 Å². The third-order valence-corrected chi connectivity index (χ3v) is 2.72. The number of amides is 1. The van der Waals surface area contributed by atoms with Gasteiger partial charge in [0.2, 0.25) is 5.91 Å². The highest BCUT2D eigenvalue weighted by Gasteiger charge is 2.23. The Morgan fingerprint density at radius 2 is 1.92 bits per heavy atom. The first-order valence-electron chi connectivity index (χ1n) is 4.78. The van der Waals surface area contributed by atoms with Crippen LogP contribution in [0.4, 0.5) is 0 Å². The largest absolute Gasteiger partial charge is 0.355 e. The second-order valence-corrected chi connectivity index (χ2v) is 3.64. The van der Waals surface area contributed by atoms with Crippen molar-refractivity contribution < 1.29 is 9.59 Å². The molecule has 0 spiro atoms. The van der Waals surface area contributed by atoms with Crippen molar-refractivity contribution in [2.75, 3.05) is 6.54 Å². The fraction of sp³-hybridized carbons (Fsp3) is 0.600. The van der Waals surface area contributed by atoms with Crippen molar-refractivity contribution in [1.29, 1.82) is 0 Å². The van der Waals surface area contributed by atoms with Gasteiger partial charge in [-0.15, -0.1) is 0 Å². The fourth-order valence-corrected chi connectivity index (χ4v) is 2.06. The van der Waals surface area contributed by atoms with Gasteiger partial charge in [0, 0.05) is 19.4 Å². The summed E-state index contributed by atoms with van der Waals surface area (Å²) in [4.78, 5) is 22.7. The smallest absolute Gasteiger partial charge is 0.224 e. The average Bonchev–Trinajstić information content (AvgIpc) is 2.27. The van der Waals surface area contributed by atoms with Gasteiger partial charge in [0.1, 0.15) is 0 Å². The Morgan fingerprint density at radius 1 is 1.08 bits per heavy atom. The molecule has 3 heteroatoms. The van der Waals surface area contributed by atoms with Gasteiger partial charge in [0.05, 0.1) is 0 Å². The Hall–Kier alpha value is -1.12. The Kier molecular flexibility index (Phi) is 2.17. The number of ketones is 1. The molecule has 0 bridgehead atoms. The minimum absolute atomic E-state index is 0.0692. The van der Waals surface area contributed by atoms with Crippen LogP contribution in [0.1, 0.15) is 32.1 Å². The molecule has 13 heavy (non-hydrogen) atoms. The van der Waals surface area contributed by atoms with Crippen molar-refractivity contribution >= 4 is 11.7 Å². The molecular formula is C10H13NO2. The van der Waals surface area contributed by atoms with Crippen molar-refractivity contribution in [3.05, 3.63) is 11.1 Å². The Bertz CT molecular complexity index is 291. The van der Waals surface area contributed by atoms with E-state index in [1.54, 1.807) is 0 Å². The molecule has 2 rings (SSSR count). The van der Waals surface area contributed by atoms with E-state index in [9.17, 15) is 9.59 Å².